The molecule has 4 heteroatoms. The van der Waals surface area contributed by atoms with Crippen LogP contribution < -0.4 is 0 Å². The van der Waals surface area contributed by atoms with Crippen molar-refractivity contribution in [3.05, 3.63) is 11.6 Å². The van der Waals surface area contributed by atoms with Crippen LogP contribution in [0.2, 0.25) is 0 Å². The topological polar surface area (TPSA) is 43.4 Å². The van der Waals surface area contributed by atoms with Crippen LogP contribution in [0, 0.1) is 5.92 Å². The van der Waals surface area contributed by atoms with Crippen LogP contribution in [0.3, 0.4) is 0 Å². The van der Waals surface area contributed by atoms with Gasteiger partial charge in [-0.3, -0.25) is 9.59 Å². The van der Waals surface area contributed by atoms with E-state index in [0.29, 0.717) is 0 Å². The molecule has 1 aliphatic rings. The summed E-state index contributed by atoms with van der Waals surface area (Å²) in [6.07, 6.45) is 4.60. The van der Waals surface area contributed by atoms with Crippen LogP contribution in [0.4, 0.5) is 0 Å². The molecule has 0 saturated carbocycles. The number of Topliss-reactive ketones (excluding diaryl/α,β-unsaturated/α-hetero) is 1. The van der Waals surface area contributed by atoms with Gasteiger partial charge in [0.2, 0.25) is 0 Å². The Bertz CT molecular complexity index is 284. The predicted molar refractivity (Wildman–Crippen MR) is 60.9 cm³/mol. The number of hydrogen-bond donors (Lipinski definition) is 0. The van der Waals surface area contributed by atoms with Crippen LogP contribution >= 0.6 is 15.9 Å². The Morgan fingerprint density at radius 1 is 1.67 bits per heavy atom. The van der Waals surface area contributed by atoms with Gasteiger partial charge < -0.3 is 4.74 Å². The summed E-state index contributed by atoms with van der Waals surface area (Å²) in [7, 11) is 1.35. The third-order valence-electron chi connectivity index (χ3n) is 2.60. The van der Waals surface area contributed by atoms with Crippen LogP contribution in [0.5, 0.6) is 0 Å². The van der Waals surface area contributed by atoms with Crippen molar-refractivity contribution < 1.29 is 14.3 Å². The van der Waals surface area contributed by atoms with E-state index in [1.54, 1.807) is 0 Å². The van der Waals surface area contributed by atoms with Gasteiger partial charge in [-0.05, 0) is 24.8 Å². The largest absolute Gasteiger partial charge is 0.469 e. The number of allylic oxidation sites excluding steroid dienone is 2. The van der Waals surface area contributed by atoms with Gasteiger partial charge in [0.05, 0.1) is 13.5 Å². The zero-order valence-corrected chi connectivity index (χ0v) is 10.4. The highest BCUT2D eigenvalue weighted by molar-refractivity contribution is 9.09. The van der Waals surface area contributed by atoms with Crippen LogP contribution in [-0.2, 0) is 14.3 Å². The van der Waals surface area contributed by atoms with E-state index in [-0.39, 0.29) is 24.1 Å². The first-order valence-electron chi connectivity index (χ1n) is 5.05. The summed E-state index contributed by atoms with van der Waals surface area (Å²) in [5, 5.41) is 0.787. The molecule has 15 heavy (non-hydrogen) atoms. The van der Waals surface area contributed by atoms with Gasteiger partial charge in [0.1, 0.15) is 0 Å². The molecule has 1 aliphatic carbocycles. The lowest BCUT2D eigenvalue weighted by molar-refractivity contribution is -0.143. The van der Waals surface area contributed by atoms with Gasteiger partial charge in [-0.2, -0.15) is 0 Å². The fourth-order valence-corrected chi connectivity index (χ4v) is 2.19. The lowest BCUT2D eigenvalue weighted by atomic mass is 9.84. The van der Waals surface area contributed by atoms with Gasteiger partial charge in [-0.25, -0.2) is 0 Å². The third-order valence-corrected chi connectivity index (χ3v) is 2.99. The monoisotopic (exact) mass is 274 g/mol. The van der Waals surface area contributed by atoms with Gasteiger partial charge in [-0.1, -0.05) is 22.0 Å². The molecule has 0 aromatic heterocycles. The molecule has 0 aromatic rings. The Morgan fingerprint density at radius 3 is 3.00 bits per heavy atom. The quantitative estimate of drug-likeness (QED) is 0.583. The van der Waals surface area contributed by atoms with E-state index in [4.69, 9.17) is 0 Å². The lowest BCUT2D eigenvalue weighted by Gasteiger charge is -2.20. The lowest BCUT2D eigenvalue weighted by Crippen LogP contribution is -2.23. The summed E-state index contributed by atoms with van der Waals surface area (Å²) in [5.74, 6) is -0.351. The fourth-order valence-electron chi connectivity index (χ4n) is 1.76. The molecule has 0 fully saturated rings. The van der Waals surface area contributed by atoms with E-state index in [1.165, 1.54) is 7.11 Å². The molecule has 1 rings (SSSR count). The van der Waals surface area contributed by atoms with Crippen LogP contribution in [0.25, 0.3) is 0 Å². The standard InChI is InChI=1S/C11H15BrO3/c1-15-10(13)7-9-4-2-3-8(5-6-12)11(9)14/h3,9H,2,4-7H2,1H3. The second-order valence-corrected chi connectivity index (χ2v) is 4.38. The normalized spacial score (nSPS) is 21.1. The molecule has 0 saturated heterocycles. The van der Waals surface area contributed by atoms with Crippen LogP contribution in [0.15, 0.2) is 11.6 Å². The number of ether oxygens (including phenoxy) is 1. The number of hydrogen-bond acceptors (Lipinski definition) is 3. The van der Waals surface area contributed by atoms with Crippen molar-refractivity contribution in [1.29, 1.82) is 0 Å². The average molecular weight is 275 g/mol. The zero-order valence-electron chi connectivity index (χ0n) is 8.79. The molecule has 0 aliphatic heterocycles. The number of alkyl halides is 1. The van der Waals surface area contributed by atoms with Crippen molar-refractivity contribution in [2.75, 3.05) is 12.4 Å². The summed E-state index contributed by atoms with van der Waals surface area (Å²) in [6, 6.07) is 0. The molecule has 0 N–H and O–H groups in total. The minimum atomic E-state index is -0.298. The zero-order chi connectivity index (χ0) is 11.3. The Morgan fingerprint density at radius 2 is 2.40 bits per heavy atom. The average Bonchev–Trinajstić information content (AvgIpc) is 2.24. The Labute approximate surface area is 98.0 Å². The van der Waals surface area contributed by atoms with E-state index in [2.05, 4.69) is 20.7 Å². The van der Waals surface area contributed by atoms with Gasteiger partial charge in [0.25, 0.3) is 0 Å². The van der Waals surface area contributed by atoms with Gasteiger partial charge in [0, 0.05) is 11.2 Å². The van der Waals surface area contributed by atoms with Gasteiger partial charge in [0.15, 0.2) is 5.78 Å². The number of esters is 1. The maximum atomic E-state index is 11.9. The summed E-state index contributed by atoms with van der Waals surface area (Å²) in [5.41, 5.74) is 0.854. The first kappa shape index (κ1) is 12.4. The molecule has 0 heterocycles. The number of rotatable bonds is 4. The maximum Gasteiger partial charge on any atom is 0.306 e. The summed E-state index contributed by atoms with van der Waals surface area (Å²) >= 11 is 3.31. The Balaban J connectivity index is 2.59. The summed E-state index contributed by atoms with van der Waals surface area (Å²) in [4.78, 5) is 23.0. The number of methoxy groups -OCH3 is 1. The molecule has 0 spiro atoms. The summed E-state index contributed by atoms with van der Waals surface area (Å²) in [6.45, 7) is 0. The molecule has 0 amide bonds. The van der Waals surface area contributed by atoms with E-state index in [9.17, 15) is 9.59 Å². The van der Waals surface area contributed by atoms with Crippen molar-refractivity contribution in [3.8, 4) is 0 Å². The van der Waals surface area contributed by atoms with Gasteiger partial charge in [-0.15, -0.1) is 0 Å². The molecule has 0 radical (unpaired) electrons. The van der Waals surface area contributed by atoms with Crippen molar-refractivity contribution >= 4 is 27.7 Å². The molecule has 0 bridgehead atoms. The van der Waals surface area contributed by atoms with Gasteiger partial charge >= 0.3 is 5.97 Å². The highest BCUT2D eigenvalue weighted by Gasteiger charge is 2.27. The Hall–Kier alpha value is -0.640. The molecule has 1 unspecified atom stereocenters. The number of carbonyl (C=O) groups is 2. The van der Waals surface area contributed by atoms with E-state index >= 15 is 0 Å². The molecule has 0 aromatic carbocycles. The first-order valence-corrected chi connectivity index (χ1v) is 6.17. The van der Waals surface area contributed by atoms with E-state index in [1.807, 2.05) is 6.08 Å². The molecular weight excluding hydrogens is 260 g/mol. The SMILES string of the molecule is COC(=O)CC1CCC=C(CCBr)C1=O. The van der Waals surface area contributed by atoms with Crippen molar-refractivity contribution in [3.63, 3.8) is 0 Å². The number of carbonyl (C=O) groups excluding carboxylic acids is 2. The highest BCUT2D eigenvalue weighted by Crippen LogP contribution is 2.25. The highest BCUT2D eigenvalue weighted by atomic mass is 79.9. The van der Waals surface area contributed by atoms with E-state index in [0.717, 1.165) is 30.2 Å². The van der Waals surface area contributed by atoms with Crippen LogP contribution in [-0.4, -0.2) is 24.2 Å². The number of ketones is 1. The third kappa shape index (κ3) is 3.45. The minimum absolute atomic E-state index is 0.117. The smallest absolute Gasteiger partial charge is 0.306 e. The number of halogens is 1. The predicted octanol–water partition coefficient (Wildman–Crippen LogP) is 2.24. The van der Waals surface area contributed by atoms with E-state index < -0.39 is 0 Å². The second kappa shape index (κ2) is 6.05. The van der Waals surface area contributed by atoms with Crippen molar-refractivity contribution in [1.82, 2.24) is 0 Å². The molecule has 3 nitrogen and oxygen atoms in total. The summed E-state index contributed by atoms with van der Waals surface area (Å²) < 4.78 is 4.58. The first-order chi connectivity index (χ1) is 7.19. The van der Waals surface area contributed by atoms with Crippen LogP contribution in [0.1, 0.15) is 25.7 Å². The van der Waals surface area contributed by atoms with Crippen molar-refractivity contribution in [2.24, 2.45) is 5.92 Å². The minimum Gasteiger partial charge on any atom is -0.469 e. The Kier molecular flexibility index (Phi) is 5.02. The maximum absolute atomic E-state index is 11.9. The fraction of sp³-hybridized carbons (Fsp3) is 0.636. The van der Waals surface area contributed by atoms with Crippen molar-refractivity contribution in [2.45, 2.75) is 25.7 Å². The second-order valence-electron chi connectivity index (χ2n) is 3.59. The molecule has 1 atom stereocenters. The molecular formula is C11H15BrO3. The molecule has 84 valence electrons.